The van der Waals surface area contributed by atoms with Gasteiger partial charge in [-0.2, -0.15) is 5.53 Å². The predicted octanol–water partition coefficient (Wildman–Crippen LogP) is 7.67. The van der Waals surface area contributed by atoms with Gasteiger partial charge >= 0.3 is 0 Å². The maximum atomic E-state index is 6.48. The molecule has 2 rings (SSSR count). The molecule has 1 heterocycles. The Hall–Kier alpha value is -0.480. The number of hydrogen-bond acceptors (Lipinski definition) is 3. The van der Waals surface area contributed by atoms with Crippen LogP contribution in [-0.2, 0) is 4.74 Å². The molecule has 4 N–H and O–H groups in total. The summed E-state index contributed by atoms with van der Waals surface area (Å²) in [5, 5.41) is 4.36. The molecule has 200 valence electrons. The first kappa shape index (κ1) is 29.7. The summed E-state index contributed by atoms with van der Waals surface area (Å²) in [5.41, 5.74) is 12.5. The quantitative estimate of drug-likeness (QED) is 0.131. The first-order valence-electron chi connectivity index (χ1n) is 15.4. The van der Waals surface area contributed by atoms with Crippen LogP contribution >= 0.6 is 0 Å². The van der Waals surface area contributed by atoms with Crippen LogP contribution in [0.3, 0.4) is 0 Å². The predicted molar refractivity (Wildman–Crippen MR) is 145 cm³/mol. The Labute approximate surface area is 212 Å². The lowest BCUT2D eigenvalue weighted by molar-refractivity contribution is -0.321. The molecule has 34 heavy (non-hydrogen) atoms. The zero-order valence-corrected chi connectivity index (χ0v) is 23.1. The molecule has 0 bridgehead atoms. The topological polar surface area (TPSA) is 73.2 Å². The van der Waals surface area contributed by atoms with Crippen LogP contribution in [0.1, 0.15) is 162 Å². The van der Waals surface area contributed by atoms with Crippen molar-refractivity contribution in [1.29, 1.82) is 0 Å². The van der Waals surface area contributed by atoms with Gasteiger partial charge in [-0.25, -0.2) is 0 Å². The number of nitrogens with zero attached hydrogens (tertiary/aromatic N) is 1. The fourth-order valence-corrected chi connectivity index (χ4v) is 6.86. The van der Waals surface area contributed by atoms with Crippen LogP contribution in [0.15, 0.2) is 5.11 Å². The minimum Gasteiger partial charge on any atom is -0.371 e. The molecule has 1 saturated heterocycles. The summed E-state index contributed by atoms with van der Waals surface area (Å²) in [6.45, 7) is 5.49. The van der Waals surface area contributed by atoms with Crippen LogP contribution in [-0.4, -0.2) is 24.3 Å². The Morgan fingerprint density at radius 3 is 1.53 bits per heavy atom. The van der Waals surface area contributed by atoms with Gasteiger partial charge < -0.3 is 10.5 Å². The molecule has 0 aromatic heterocycles. The van der Waals surface area contributed by atoms with Gasteiger partial charge in [0.2, 0.25) is 0 Å². The third-order valence-electron chi connectivity index (χ3n) is 9.12. The normalized spacial score (nSPS) is 28.8. The molecular weight excluding hydrogens is 418 g/mol. The van der Waals surface area contributed by atoms with Crippen LogP contribution in [0.25, 0.3) is 0 Å². The Kier molecular flexibility index (Phi) is 14.9. The van der Waals surface area contributed by atoms with E-state index in [1.807, 2.05) is 0 Å². The number of rotatable bonds is 21. The third-order valence-corrected chi connectivity index (χ3v) is 9.12. The molecule has 2 fully saturated rings. The second-order valence-electron chi connectivity index (χ2n) is 11.8. The molecule has 1 aliphatic carbocycles. The van der Waals surface area contributed by atoms with Crippen LogP contribution in [0.5, 0.6) is 0 Å². The van der Waals surface area contributed by atoms with E-state index in [-0.39, 0.29) is 23.1 Å². The standard InChI is InChI=1S/C30H59N3O/c1-3-5-7-9-11-13-14-16-18-20-24-29(23-19-17-15-12-10-8-6-4-2)26-34-30(29)25-27(31)21-22-28(30)33-32/h27-28,32H,3-26,31H2,1-2H3/p+1. The smallest absolute Gasteiger partial charge is 0.141 e. The number of hydrogen-bond donors (Lipinski definition) is 2. The average molecular weight is 479 g/mol. The van der Waals surface area contributed by atoms with E-state index in [9.17, 15) is 0 Å². The first-order chi connectivity index (χ1) is 16.6. The molecule has 1 aliphatic heterocycles. The molecule has 4 heteroatoms. The van der Waals surface area contributed by atoms with Crippen LogP contribution in [0, 0.1) is 5.41 Å². The zero-order valence-electron chi connectivity index (χ0n) is 23.1. The number of unbranched alkanes of at least 4 members (excludes halogenated alkanes) is 16. The molecule has 0 aromatic rings. The highest BCUT2D eigenvalue weighted by Crippen LogP contribution is 2.58. The van der Waals surface area contributed by atoms with Gasteiger partial charge in [0.25, 0.3) is 0 Å². The lowest BCUT2D eigenvalue weighted by atomic mass is 9.55. The molecule has 0 amide bonds. The summed E-state index contributed by atoms with van der Waals surface area (Å²) in [7, 11) is 0. The monoisotopic (exact) mass is 478 g/mol. The third kappa shape index (κ3) is 8.87. The molecule has 0 aromatic carbocycles. The van der Waals surface area contributed by atoms with Crippen molar-refractivity contribution in [2.75, 3.05) is 6.61 Å². The summed E-state index contributed by atoms with van der Waals surface area (Å²) in [5.74, 6) is 0. The molecule has 2 aliphatic rings. The van der Waals surface area contributed by atoms with E-state index >= 15 is 0 Å². The van der Waals surface area contributed by atoms with Gasteiger partial charge in [-0.1, -0.05) is 129 Å². The second kappa shape index (κ2) is 17.1. The Morgan fingerprint density at radius 1 is 0.706 bits per heavy atom. The van der Waals surface area contributed by atoms with E-state index < -0.39 is 0 Å². The Balaban J connectivity index is 1.79. The summed E-state index contributed by atoms with van der Waals surface area (Å²) < 4.78 is 6.46. The lowest BCUT2D eigenvalue weighted by Crippen LogP contribution is -2.72. The van der Waals surface area contributed by atoms with Gasteiger partial charge in [0.05, 0.1) is 6.61 Å². The molecule has 1 saturated carbocycles. The molecular formula is C30H60N3O+. The van der Waals surface area contributed by atoms with Crippen molar-refractivity contribution in [2.24, 2.45) is 16.3 Å². The molecule has 4 nitrogen and oxygen atoms in total. The summed E-state index contributed by atoms with van der Waals surface area (Å²) in [6, 6.07) is 0.377. The van der Waals surface area contributed by atoms with E-state index in [4.69, 9.17) is 16.0 Å². The van der Waals surface area contributed by atoms with Crippen LogP contribution in [0.4, 0.5) is 0 Å². The summed E-state index contributed by atoms with van der Waals surface area (Å²) in [6.07, 6.45) is 30.5. The van der Waals surface area contributed by atoms with E-state index in [0.29, 0.717) is 0 Å². The highest BCUT2D eigenvalue weighted by atomic mass is 16.5. The zero-order chi connectivity index (χ0) is 24.5. The van der Waals surface area contributed by atoms with Crippen molar-refractivity contribution in [2.45, 2.75) is 179 Å². The number of nitrogens with two attached hydrogens (primary N) is 2. The SMILES string of the molecule is CCCCCCCCCCCCC1(CCCCCCCCCC)COC12CC(N)CCC2N=[NH2+]. The molecule has 4 atom stereocenters. The van der Waals surface area contributed by atoms with Gasteiger partial charge in [0.1, 0.15) is 11.6 Å². The minimum atomic E-state index is -0.181. The summed E-state index contributed by atoms with van der Waals surface area (Å²) >= 11 is 0. The van der Waals surface area contributed by atoms with Crippen molar-refractivity contribution in [3.63, 3.8) is 0 Å². The Bertz CT molecular complexity index is 527. The number of ether oxygens (including phenoxy) is 1. The van der Waals surface area contributed by atoms with Gasteiger partial charge in [0.15, 0.2) is 0 Å². The maximum absolute atomic E-state index is 6.48. The van der Waals surface area contributed by atoms with Gasteiger partial charge in [-0.3, -0.25) is 0 Å². The lowest BCUT2D eigenvalue weighted by Gasteiger charge is -2.63. The van der Waals surface area contributed by atoms with Crippen LogP contribution < -0.4 is 11.3 Å². The molecule has 1 spiro atoms. The van der Waals surface area contributed by atoms with Crippen LogP contribution in [0.2, 0.25) is 0 Å². The van der Waals surface area contributed by atoms with Gasteiger partial charge in [-0.15, -0.1) is 0 Å². The van der Waals surface area contributed by atoms with Gasteiger partial charge in [-0.05, 0) is 37.2 Å². The summed E-state index contributed by atoms with van der Waals surface area (Å²) in [4.78, 5) is 0. The van der Waals surface area contributed by atoms with Crippen molar-refractivity contribution in [1.82, 2.24) is 0 Å². The van der Waals surface area contributed by atoms with Crippen molar-refractivity contribution in [3.05, 3.63) is 0 Å². The largest absolute Gasteiger partial charge is 0.371 e. The molecule has 4 unspecified atom stereocenters. The van der Waals surface area contributed by atoms with Crippen molar-refractivity contribution < 1.29 is 10.3 Å². The van der Waals surface area contributed by atoms with E-state index in [0.717, 1.165) is 25.9 Å². The molecule has 0 radical (unpaired) electrons. The minimum absolute atomic E-state index is 0.137. The Morgan fingerprint density at radius 2 is 1.15 bits per heavy atom. The van der Waals surface area contributed by atoms with Crippen molar-refractivity contribution in [3.8, 4) is 0 Å². The average Bonchev–Trinajstić information content (AvgIpc) is 2.84. The first-order valence-corrected chi connectivity index (χ1v) is 15.4. The van der Waals surface area contributed by atoms with E-state index in [2.05, 4.69) is 19.0 Å². The highest BCUT2D eigenvalue weighted by Gasteiger charge is 2.65. The fraction of sp³-hybridized carbons (Fsp3) is 1.00. The van der Waals surface area contributed by atoms with E-state index in [1.165, 1.54) is 128 Å². The van der Waals surface area contributed by atoms with Gasteiger partial charge in [0, 0.05) is 11.5 Å². The highest BCUT2D eigenvalue weighted by molar-refractivity contribution is 5.15. The second-order valence-corrected chi connectivity index (χ2v) is 11.8. The maximum Gasteiger partial charge on any atom is 0.141 e. The van der Waals surface area contributed by atoms with Crippen molar-refractivity contribution >= 4 is 0 Å². The van der Waals surface area contributed by atoms with E-state index in [1.54, 1.807) is 0 Å². The fourth-order valence-electron chi connectivity index (χ4n) is 6.86.